The highest BCUT2D eigenvalue weighted by molar-refractivity contribution is 5.24. The summed E-state index contributed by atoms with van der Waals surface area (Å²) in [6.07, 6.45) is 1.86. The molecule has 0 amide bonds. The van der Waals surface area contributed by atoms with Gasteiger partial charge in [0.25, 0.3) is 0 Å². The van der Waals surface area contributed by atoms with E-state index in [0.29, 0.717) is 5.82 Å². The van der Waals surface area contributed by atoms with Crippen molar-refractivity contribution in [2.45, 2.75) is 13.0 Å². The quantitative estimate of drug-likeness (QED) is 0.656. The lowest BCUT2D eigenvalue weighted by Gasteiger charge is -2.03. The van der Waals surface area contributed by atoms with E-state index in [4.69, 9.17) is 5.73 Å². The van der Waals surface area contributed by atoms with E-state index in [1.807, 2.05) is 20.2 Å². The molecule has 0 aromatic carbocycles. The third-order valence-electron chi connectivity index (χ3n) is 2.03. The van der Waals surface area contributed by atoms with Gasteiger partial charge in [-0.3, -0.25) is 4.68 Å². The number of aromatic nitrogens is 6. The summed E-state index contributed by atoms with van der Waals surface area (Å²) in [7, 11) is 1.85. The van der Waals surface area contributed by atoms with Crippen LogP contribution in [-0.4, -0.2) is 30.4 Å². The number of tetrazole rings is 1. The van der Waals surface area contributed by atoms with E-state index in [-0.39, 0.29) is 6.04 Å². The number of H-pyrrole nitrogens is 1. The van der Waals surface area contributed by atoms with Gasteiger partial charge in [-0.2, -0.15) is 10.3 Å². The minimum Gasteiger partial charge on any atom is -0.317 e. The second kappa shape index (κ2) is 3.18. The fourth-order valence-electron chi connectivity index (χ4n) is 1.36. The molecule has 2 aromatic rings. The van der Waals surface area contributed by atoms with Crippen molar-refractivity contribution >= 4 is 0 Å². The van der Waals surface area contributed by atoms with Crippen molar-refractivity contribution in [2.24, 2.45) is 12.8 Å². The molecule has 0 aliphatic rings. The van der Waals surface area contributed by atoms with E-state index < -0.39 is 0 Å². The molecule has 1 atom stereocenters. The molecule has 0 saturated carbocycles. The van der Waals surface area contributed by atoms with Crippen molar-refractivity contribution in [1.29, 1.82) is 0 Å². The number of rotatable bonds is 2. The zero-order valence-electron chi connectivity index (χ0n) is 7.97. The standard InChI is InChI=1S/C7H11N7/c1-4-5(3-14(2)11-4)6(8)7-9-12-13-10-7/h3,6H,8H2,1-2H3,(H,9,10,12,13). The summed E-state index contributed by atoms with van der Waals surface area (Å²) in [5, 5.41) is 17.7. The van der Waals surface area contributed by atoms with Gasteiger partial charge in [-0.05, 0) is 6.92 Å². The molecule has 7 heteroatoms. The van der Waals surface area contributed by atoms with E-state index in [2.05, 4.69) is 25.7 Å². The van der Waals surface area contributed by atoms with Gasteiger partial charge in [-0.1, -0.05) is 5.21 Å². The lowest BCUT2D eigenvalue weighted by molar-refractivity contribution is 0.754. The zero-order valence-corrected chi connectivity index (χ0v) is 7.97. The average Bonchev–Trinajstić information content (AvgIpc) is 2.73. The fourth-order valence-corrected chi connectivity index (χ4v) is 1.36. The average molecular weight is 193 g/mol. The van der Waals surface area contributed by atoms with Gasteiger partial charge in [0.15, 0.2) is 5.82 Å². The molecule has 0 fully saturated rings. The van der Waals surface area contributed by atoms with Gasteiger partial charge in [-0.25, -0.2) is 0 Å². The van der Waals surface area contributed by atoms with Gasteiger partial charge in [0, 0.05) is 18.8 Å². The van der Waals surface area contributed by atoms with Crippen molar-refractivity contribution < 1.29 is 0 Å². The maximum atomic E-state index is 5.94. The zero-order chi connectivity index (χ0) is 10.1. The van der Waals surface area contributed by atoms with Crippen LogP contribution in [0.4, 0.5) is 0 Å². The summed E-state index contributed by atoms with van der Waals surface area (Å²) >= 11 is 0. The van der Waals surface area contributed by atoms with Crippen LogP contribution in [0.3, 0.4) is 0 Å². The molecule has 3 N–H and O–H groups in total. The van der Waals surface area contributed by atoms with E-state index in [0.717, 1.165) is 11.3 Å². The Bertz CT molecular complexity index is 415. The molecular formula is C7H11N7. The van der Waals surface area contributed by atoms with Crippen molar-refractivity contribution in [2.75, 3.05) is 0 Å². The number of aryl methyl sites for hydroxylation is 2. The first-order chi connectivity index (χ1) is 6.68. The maximum Gasteiger partial charge on any atom is 0.195 e. The summed E-state index contributed by atoms with van der Waals surface area (Å²) in [6.45, 7) is 1.90. The van der Waals surface area contributed by atoms with E-state index in [1.165, 1.54) is 0 Å². The van der Waals surface area contributed by atoms with Crippen LogP contribution in [-0.2, 0) is 7.05 Å². The Hall–Kier alpha value is -1.76. The Balaban J connectivity index is 2.36. The fraction of sp³-hybridized carbons (Fsp3) is 0.429. The highest BCUT2D eigenvalue weighted by atomic mass is 15.5. The van der Waals surface area contributed by atoms with Crippen LogP contribution in [0, 0.1) is 6.92 Å². The summed E-state index contributed by atoms with van der Waals surface area (Å²) < 4.78 is 1.71. The Kier molecular flexibility index (Phi) is 2.01. The molecule has 14 heavy (non-hydrogen) atoms. The minimum atomic E-state index is -0.373. The molecule has 2 rings (SSSR count). The van der Waals surface area contributed by atoms with Gasteiger partial charge in [0.1, 0.15) is 0 Å². The van der Waals surface area contributed by atoms with Crippen LogP contribution < -0.4 is 5.73 Å². The largest absolute Gasteiger partial charge is 0.317 e. The molecule has 0 aliphatic heterocycles. The Morgan fingerprint density at radius 3 is 2.86 bits per heavy atom. The molecule has 2 aromatic heterocycles. The first-order valence-corrected chi connectivity index (χ1v) is 4.17. The van der Waals surface area contributed by atoms with Gasteiger partial charge >= 0.3 is 0 Å². The molecule has 7 nitrogen and oxygen atoms in total. The van der Waals surface area contributed by atoms with E-state index in [1.54, 1.807) is 4.68 Å². The van der Waals surface area contributed by atoms with Crippen molar-refractivity contribution in [1.82, 2.24) is 30.4 Å². The highest BCUT2D eigenvalue weighted by Gasteiger charge is 2.17. The molecular weight excluding hydrogens is 182 g/mol. The summed E-state index contributed by atoms with van der Waals surface area (Å²) in [6, 6.07) is -0.373. The third kappa shape index (κ3) is 1.37. The number of hydrogen-bond acceptors (Lipinski definition) is 5. The lowest BCUT2D eigenvalue weighted by atomic mass is 10.1. The SMILES string of the molecule is Cc1nn(C)cc1C(N)c1nn[nH]n1. The van der Waals surface area contributed by atoms with Crippen LogP contribution in [0.25, 0.3) is 0 Å². The van der Waals surface area contributed by atoms with E-state index in [9.17, 15) is 0 Å². The Morgan fingerprint density at radius 2 is 2.36 bits per heavy atom. The molecule has 0 radical (unpaired) electrons. The van der Waals surface area contributed by atoms with E-state index >= 15 is 0 Å². The van der Waals surface area contributed by atoms with Crippen molar-refractivity contribution in [3.05, 3.63) is 23.3 Å². The Labute approximate surface area is 80.3 Å². The normalized spacial score (nSPS) is 13.1. The first-order valence-electron chi connectivity index (χ1n) is 4.17. The first kappa shape index (κ1) is 8.82. The van der Waals surface area contributed by atoms with Gasteiger partial charge in [0.05, 0.1) is 11.7 Å². The number of hydrogen-bond donors (Lipinski definition) is 2. The Morgan fingerprint density at radius 1 is 1.57 bits per heavy atom. The predicted molar refractivity (Wildman–Crippen MR) is 48.2 cm³/mol. The smallest absolute Gasteiger partial charge is 0.195 e. The predicted octanol–water partition coefficient (Wildman–Crippen LogP) is -0.710. The van der Waals surface area contributed by atoms with Crippen LogP contribution in [0.2, 0.25) is 0 Å². The number of nitrogens with zero attached hydrogens (tertiary/aromatic N) is 5. The maximum absolute atomic E-state index is 5.94. The van der Waals surface area contributed by atoms with Gasteiger partial charge < -0.3 is 5.73 Å². The van der Waals surface area contributed by atoms with Crippen LogP contribution in [0.1, 0.15) is 23.1 Å². The summed E-state index contributed by atoms with van der Waals surface area (Å²) in [4.78, 5) is 0. The van der Waals surface area contributed by atoms with Gasteiger partial charge in [-0.15, -0.1) is 10.2 Å². The molecule has 0 spiro atoms. The number of nitrogens with one attached hydrogen (secondary N) is 1. The van der Waals surface area contributed by atoms with Crippen LogP contribution >= 0.6 is 0 Å². The molecule has 0 bridgehead atoms. The van der Waals surface area contributed by atoms with Crippen LogP contribution in [0.15, 0.2) is 6.20 Å². The second-order valence-electron chi connectivity index (χ2n) is 3.09. The minimum absolute atomic E-state index is 0.373. The van der Waals surface area contributed by atoms with Gasteiger partial charge in [0.2, 0.25) is 0 Å². The topological polar surface area (TPSA) is 98.3 Å². The highest BCUT2D eigenvalue weighted by Crippen LogP contribution is 2.17. The molecule has 1 unspecified atom stereocenters. The summed E-state index contributed by atoms with van der Waals surface area (Å²) in [5.41, 5.74) is 7.73. The number of aromatic amines is 1. The molecule has 2 heterocycles. The third-order valence-corrected chi connectivity index (χ3v) is 2.03. The molecule has 0 aliphatic carbocycles. The lowest BCUT2D eigenvalue weighted by Crippen LogP contribution is -2.14. The number of nitrogens with two attached hydrogens (primary N) is 1. The summed E-state index contributed by atoms with van der Waals surface area (Å²) in [5.74, 6) is 0.473. The van der Waals surface area contributed by atoms with Crippen molar-refractivity contribution in [3.63, 3.8) is 0 Å². The second-order valence-corrected chi connectivity index (χ2v) is 3.09. The van der Waals surface area contributed by atoms with Crippen molar-refractivity contribution in [3.8, 4) is 0 Å². The molecule has 74 valence electrons. The molecule has 0 saturated heterocycles. The van der Waals surface area contributed by atoms with Crippen LogP contribution in [0.5, 0.6) is 0 Å². The monoisotopic (exact) mass is 193 g/mol.